The van der Waals surface area contributed by atoms with E-state index in [2.05, 4.69) is 10.3 Å². The van der Waals surface area contributed by atoms with E-state index >= 15 is 0 Å². The van der Waals surface area contributed by atoms with Crippen molar-refractivity contribution in [3.63, 3.8) is 0 Å². The molecule has 1 N–H and O–H groups in total. The molecular weight excluding hydrogens is 305 g/mol. The van der Waals surface area contributed by atoms with Crippen LogP contribution < -0.4 is 5.32 Å². The molecule has 3 rings (SSSR count). The highest BCUT2D eigenvalue weighted by Crippen LogP contribution is 2.26. The van der Waals surface area contributed by atoms with Crippen LogP contribution in [0, 0.1) is 0 Å². The van der Waals surface area contributed by atoms with Crippen LogP contribution in [0.5, 0.6) is 0 Å². The van der Waals surface area contributed by atoms with Gasteiger partial charge >= 0.3 is 0 Å². The fraction of sp³-hybridized carbons (Fsp3) is 0. The largest absolute Gasteiger partial charge is 0.319 e. The Kier molecular flexibility index (Phi) is 3.18. The molecule has 4 nitrogen and oxygen atoms in total. The van der Waals surface area contributed by atoms with E-state index in [1.54, 1.807) is 40.5 Å². The summed E-state index contributed by atoms with van der Waals surface area (Å²) in [6.45, 7) is 0. The molecule has 0 aliphatic rings. The minimum absolute atomic E-state index is 0.242. The maximum absolute atomic E-state index is 12.2. The fourth-order valence-electron chi connectivity index (χ4n) is 1.66. The maximum atomic E-state index is 12.2. The van der Waals surface area contributed by atoms with Crippen LogP contribution in [0.2, 0.25) is 10.0 Å². The average Bonchev–Trinajstić information content (AvgIpc) is 2.94. The maximum Gasteiger partial charge on any atom is 0.273 e. The van der Waals surface area contributed by atoms with Crippen LogP contribution >= 0.6 is 34.5 Å². The van der Waals surface area contributed by atoms with Crippen molar-refractivity contribution in [2.45, 2.75) is 0 Å². The molecule has 0 fully saturated rings. The summed E-state index contributed by atoms with van der Waals surface area (Å²) in [5.41, 5.74) is 1.04. The van der Waals surface area contributed by atoms with Crippen molar-refractivity contribution in [1.82, 2.24) is 9.38 Å². The number of amides is 1. The molecular formula is C12H7Cl2N3OS. The number of imidazole rings is 1. The van der Waals surface area contributed by atoms with Crippen molar-refractivity contribution in [1.29, 1.82) is 0 Å². The van der Waals surface area contributed by atoms with Gasteiger partial charge in [-0.25, -0.2) is 4.98 Å². The third-order valence-corrected chi connectivity index (χ3v) is 4.00. The number of aromatic nitrogens is 2. The Hall–Kier alpha value is -1.56. The van der Waals surface area contributed by atoms with Gasteiger partial charge in [0.2, 0.25) is 0 Å². The molecule has 1 amide bonds. The van der Waals surface area contributed by atoms with Gasteiger partial charge in [0.25, 0.3) is 5.91 Å². The van der Waals surface area contributed by atoms with E-state index in [-0.39, 0.29) is 5.91 Å². The van der Waals surface area contributed by atoms with Crippen molar-refractivity contribution >= 4 is 51.0 Å². The van der Waals surface area contributed by atoms with Crippen LogP contribution in [0.25, 0.3) is 4.83 Å². The lowest BCUT2D eigenvalue weighted by molar-refractivity contribution is 0.102. The van der Waals surface area contributed by atoms with Gasteiger partial charge in [-0.2, -0.15) is 0 Å². The highest BCUT2D eigenvalue weighted by Gasteiger charge is 2.13. The number of nitrogens with zero attached hydrogens (tertiary/aromatic N) is 2. The summed E-state index contributed by atoms with van der Waals surface area (Å²) in [4.78, 5) is 17.1. The third kappa shape index (κ3) is 2.32. The van der Waals surface area contributed by atoms with E-state index < -0.39 is 0 Å². The zero-order valence-electron chi connectivity index (χ0n) is 9.43. The second-order valence-corrected chi connectivity index (χ2v) is 5.53. The Morgan fingerprint density at radius 3 is 3.00 bits per heavy atom. The van der Waals surface area contributed by atoms with E-state index in [1.165, 1.54) is 11.3 Å². The van der Waals surface area contributed by atoms with Crippen molar-refractivity contribution in [2.24, 2.45) is 0 Å². The Bertz CT molecular complexity index is 765. The third-order valence-electron chi connectivity index (χ3n) is 2.57. The van der Waals surface area contributed by atoms with Gasteiger partial charge in [-0.3, -0.25) is 9.20 Å². The number of rotatable bonds is 2. The van der Waals surface area contributed by atoms with E-state index in [9.17, 15) is 4.79 Å². The predicted molar refractivity (Wildman–Crippen MR) is 77.5 cm³/mol. The molecule has 2 aromatic heterocycles. The molecule has 3 aromatic rings. The SMILES string of the molecule is O=C(Nc1ccc(Cl)cc1Cl)c1csc2cncn12. The van der Waals surface area contributed by atoms with Crippen LogP contribution in [-0.2, 0) is 0 Å². The van der Waals surface area contributed by atoms with Gasteiger partial charge in [0.15, 0.2) is 0 Å². The van der Waals surface area contributed by atoms with E-state index in [4.69, 9.17) is 23.2 Å². The number of hydrogen-bond donors (Lipinski definition) is 1. The van der Waals surface area contributed by atoms with Crippen molar-refractivity contribution in [3.8, 4) is 0 Å². The van der Waals surface area contributed by atoms with Crippen molar-refractivity contribution < 1.29 is 4.79 Å². The summed E-state index contributed by atoms with van der Waals surface area (Å²) in [5, 5.41) is 5.45. The molecule has 1 aromatic carbocycles. The summed E-state index contributed by atoms with van der Waals surface area (Å²) >= 11 is 13.3. The lowest BCUT2D eigenvalue weighted by Crippen LogP contribution is -2.14. The molecule has 7 heteroatoms. The summed E-state index contributed by atoms with van der Waals surface area (Å²) < 4.78 is 1.73. The molecule has 0 saturated heterocycles. The molecule has 0 radical (unpaired) electrons. The number of halogens is 2. The molecule has 96 valence electrons. The van der Waals surface area contributed by atoms with Crippen LogP contribution in [0.3, 0.4) is 0 Å². The number of carbonyl (C=O) groups is 1. The van der Waals surface area contributed by atoms with Crippen LogP contribution in [0.1, 0.15) is 10.5 Å². The zero-order valence-corrected chi connectivity index (χ0v) is 11.8. The van der Waals surface area contributed by atoms with Crippen LogP contribution in [0.15, 0.2) is 36.1 Å². The summed E-state index contributed by atoms with van der Waals surface area (Å²) in [5.74, 6) is -0.242. The first-order valence-electron chi connectivity index (χ1n) is 5.31. The number of thiazole rings is 1. The second kappa shape index (κ2) is 4.85. The van der Waals surface area contributed by atoms with Gasteiger partial charge in [-0.1, -0.05) is 23.2 Å². The number of anilines is 1. The topological polar surface area (TPSA) is 46.4 Å². The van der Waals surface area contributed by atoms with Gasteiger partial charge in [-0.15, -0.1) is 11.3 Å². The molecule has 0 bridgehead atoms. The Labute approximate surface area is 122 Å². The fourth-order valence-corrected chi connectivity index (χ4v) is 2.95. The molecule has 0 atom stereocenters. The Morgan fingerprint density at radius 1 is 1.37 bits per heavy atom. The van der Waals surface area contributed by atoms with E-state index in [0.717, 1.165) is 4.83 Å². The van der Waals surface area contributed by atoms with Crippen LogP contribution in [-0.4, -0.2) is 15.3 Å². The number of carbonyl (C=O) groups excluding carboxylic acids is 1. The van der Waals surface area contributed by atoms with Gasteiger partial charge < -0.3 is 5.32 Å². The molecule has 0 aliphatic carbocycles. The Morgan fingerprint density at radius 2 is 2.21 bits per heavy atom. The highest BCUT2D eigenvalue weighted by atomic mass is 35.5. The summed E-state index contributed by atoms with van der Waals surface area (Å²) in [7, 11) is 0. The van der Waals surface area contributed by atoms with Crippen molar-refractivity contribution in [2.75, 3.05) is 5.32 Å². The lowest BCUT2D eigenvalue weighted by Gasteiger charge is -2.06. The van der Waals surface area contributed by atoms with Gasteiger partial charge in [0.1, 0.15) is 16.9 Å². The second-order valence-electron chi connectivity index (χ2n) is 3.80. The molecule has 0 spiro atoms. The molecule has 0 unspecified atom stereocenters. The lowest BCUT2D eigenvalue weighted by atomic mass is 10.3. The smallest absolute Gasteiger partial charge is 0.273 e. The number of fused-ring (bicyclic) bond motifs is 1. The minimum atomic E-state index is -0.242. The summed E-state index contributed by atoms with van der Waals surface area (Å²) in [6, 6.07) is 4.92. The zero-order chi connectivity index (χ0) is 13.4. The standard InChI is InChI=1S/C12H7Cl2N3OS/c13-7-1-2-9(8(14)3-7)16-12(18)10-5-19-11-4-15-6-17(10)11/h1-6H,(H,16,18). The number of nitrogens with one attached hydrogen (secondary N) is 1. The molecule has 2 heterocycles. The van der Waals surface area contributed by atoms with E-state index in [1.807, 2.05) is 0 Å². The van der Waals surface area contributed by atoms with Gasteiger partial charge in [0, 0.05) is 10.4 Å². The van der Waals surface area contributed by atoms with Gasteiger partial charge in [0.05, 0.1) is 16.9 Å². The monoisotopic (exact) mass is 311 g/mol. The first kappa shape index (κ1) is 12.5. The number of benzene rings is 1. The van der Waals surface area contributed by atoms with Crippen molar-refractivity contribution in [3.05, 3.63) is 51.8 Å². The van der Waals surface area contributed by atoms with E-state index in [0.29, 0.717) is 21.4 Å². The Balaban J connectivity index is 1.91. The molecule has 0 saturated carbocycles. The molecule has 19 heavy (non-hydrogen) atoms. The summed E-state index contributed by atoms with van der Waals surface area (Å²) in [6.07, 6.45) is 3.31. The number of hydrogen-bond acceptors (Lipinski definition) is 3. The average molecular weight is 312 g/mol. The first-order chi connectivity index (χ1) is 9.15. The first-order valence-corrected chi connectivity index (χ1v) is 6.94. The normalized spacial score (nSPS) is 10.8. The van der Waals surface area contributed by atoms with Crippen LogP contribution in [0.4, 0.5) is 5.69 Å². The van der Waals surface area contributed by atoms with Gasteiger partial charge in [-0.05, 0) is 18.2 Å². The highest BCUT2D eigenvalue weighted by molar-refractivity contribution is 7.15. The predicted octanol–water partition coefficient (Wildman–Crippen LogP) is 3.95. The quantitative estimate of drug-likeness (QED) is 0.778. The minimum Gasteiger partial charge on any atom is -0.319 e. The molecule has 0 aliphatic heterocycles.